The number of pyridine rings is 1. The fourth-order valence-electron chi connectivity index (χ4n) is 4.91. The number of aromatic nitrogens is 4. The molecule has 0 aliphatic carbocycles. The number of aryl methyl sites for hydroxylation is 1. The fourth-order valence-corrected chi connectivity index (χ4v) is 6.93. The molecule has 0 atom stereocenters. The molecule has 1 fully saturated rings. The minimum absolute atomic E-state index is 0.350. The van der Waals surface area contributed by atoms with Crippen molar-refractivity contribution in [1.29, 1.82) is 0 Å². The van der Waals surface area contributed by atoms with Crippen LogP contribution < -0.4 is 5.32 Å². The molecule has 2 aliphatic rings. The summed E-state index contributed by atoms with van der Waals surface area (Å²) in [4.78, 5) is 10.3. The molecule has 1 saturated heterocycles. The van der Waals surface area contributed by atoms with E-state index in [1.165, 1.54) is 16.6 Å². The smallest absolute Gasteiger partial charge is 0.107 e. The molecule has 32 heavy (non-hydrogen) atoms. The summed E-state index contributed by atoms with van der Waals surface area (Å²) in [7, 11) is 0. The number of nitrogens with zero attached hydrogens (tertiary/aromatic N) is 4. The Morgan fingerprint density at radius 2 is 2.06 bits per heavy atom. The largest absolute Gasteiger partial charge is 0.616 e. The van der Waals surface area contributed by atoms with Gasteiger partial charge in [0, 0.05) is 67.0 Å². The molecule has 0 unspecified atom stereocenters. The summed E-state index contributed by atoms with van der Waals surface area (Å²) in [6.07, 6.45) is 6.77. The molecule has 3 aromatic heterocycles. The van der Waals surface area contributed by atoms with Gasteiger partial charge in [-0.25, -0.2) is 4.98 Å². The van der Waals surface area contributed by atoms with E-state index >= 15 is 0 Å². The fraction of sp³-hybridized carbons (Fsp3) is 0.375. The van der Waals surface area contributed by atoms with Gasteiger partial charge in [0.05, 0.1) is 27.3 Å². The summed E-state index contributed by atoms with van der Waals surface area (Å²) in [5.74, 6) is 1.57. The van der Waals surface area contributed by atoms with Crippen LogP contribution in [0.4, 0.5) is 0 Å². The molecule has 0 amide bonds. The van der Waals surface area contributed by atoms with Crippen LogP contribution in [0.15, 0.2) is 36.7 Å². The second-order valence-corrected chi connectivity index (χ2v) is 11.5. The third-order valence-electron chi connectivity index (χ3n) is 6.56. The van der Waals surface area contributed by atoms with Crippen molar-refractivity contribution < 1.29 is 4.55 Å². The molecule has 1 aromatic carbocycles. The van der Waals surface area contributed by atoms with Crippen molar-refractivity contribution in [2.45, 2.75) is 38.8 Å². The molecule has 0 spiro atoms. The number of benzene rings is 1. The van der Waals surface area contributed by atoms with E-state index < -0.39 is 11.2 Å². The maximum atomic E-state index is 11.9. The van der Waals surface area contributed by atoms with Crippen LogP contribution in [-0.4, -0.2) is 42.4 Å². The lowest BCUT2D eigenvalue weighted by atomic mass is 9.97. The first-order valence-electron chi connectivity index (χ1n) is 11.2. The molecule has 8 heteroatoms. The van der Waals surface area contributed by atoms with E-state index in [0.717, 1.165) is 76.1 Å². The van der Waals surface area contributed by atoms with E-state index in [-0.39, 0.29) is 0 Å². The second-order valence-electron chi connectivity index (χ2n) is 8.56. The van der Waals surface area contributed by atoms with Gasteiger partial charge in [-0.1, -0.05) is 29.4 Å². The maximum absolute atomic E-state index is 11.9. The Labute approximate surface area is 194 Å². The van der Waals surface area contributed by atoms with Gasteiger partial charge in [-0.3, -0.25) is 9.67 Å². The normalized spacial score (nSPS) is 21.1. The number of hydrogen-bond acceptors (Lipinski definition) is 6. The first-order chi connectivity index (χ1) is 15.7. The third kappa shape index (κ3) is 3.55. The minimum Gasteiger partial charge on any atom is -0.616 e. The topological polar surface area (TPSA) is 78.7 Å². The molecular formula is C24H25N5OS2. The molecule has 1 N–H and O–H groups in total. The Morgan fingerprint density at radius 3 is 2.88 bits per heavy atom. The zero-order valence-electron chi connectivity index (χ0n) is 18.0. The molecule has 6 nitrogen and oxygen atoms in total. The predicted octanol–water partition coefficient (Wildman–Crippen LogP) is 4.26. The van der Waals surface area contributed by atoms with Crippen molar-refractivity contribution >= 4 is 33.3 Å². The van der Waals surface area contributed by atoms with Gasteiger partial charge in [0.1, 0.15) is 11.5 Å². The highest BCUT2D eigenvalue weighted by atomic mass is 32.2. The summed E-state index contributed by atoms with van der Waals surface area (Å²) >= 11 is 1.00. The molecule has 2 aliphatic heterocycles. The van der Waals surface area contributed by atoms with Crippen molar-refractivity contribution in [2.24, 2.45) is 0 Å². The highest BCUT2D eigenvalue weighted by Gasteiger charge is 2.30. The van der Waals surface area contributed by atoms with E-state index in [1.54, 1.807) is 11.3 Å². The Morgan fingerprint density at radius 1 is 1.19 bits per heavy atom. The van der Waals surface area contributed by atoms with Crippen LogP contribution in [0.1, 0.15) is 35.1 Å². The van der Waals surface area contributed by atoms with Crippen LogP contribution in [0.25, 0.3) is 32.6 Å². The van der Waals surface area contributed by atoms with Crippen LogP contribution in [0, 0.1) is 6.92 Å². The van der Waals surface area contributed by atoms with Gasteiger partial charge >= 0.3 is 0 Å². The molecule has 0 radical (unpaired) electrons. The summed E-state index contributed by atoms with van der Waals surface area (Å²) in [6, 6.07) is 8.94. The highest BCUT2D eigenvalue weighted by Crippen LogP contribution is 2.37. The Bertz CT molecular complexity index is 1290. The van der Waals surface area contributed by atoms with E-state index in [4.69, 9.17) is 10.1 Å². The molecule has 4 aromatic rings. The molecule has 164 valence electrons. The standard InChI is InChI=1S/C24H25N5OS2/c1-15-26-14-23(31-15)21-11-16-3-2-4-18(19(16)13-27-21)24-20-12-25-8-5-22(20)29(28-24)17-6-9-32(30)10-7-17/h2-4,11,13-14,17,25H,5-10,12H2,1H3. The SMILES string of the molecule is Cc1ncc(-c2cc3cccc(-c4nn(C5CC[S+]([O-])CC5)c5c4CNCC5)c3cn2)s1. The average molecular weight is 464 g/mol. The van der Waals surface area contributed by atoms with Gasteiger partial charge in [0.15, 0.2) is 0 Å². The van der Waals surface area contributed by atoms with Gasteiger partial charge in [0.25, 0.3) is 0 Å². The second kappa shape index (κ2) is 8.26. The van der Waals surface area contributed by atoms with E-state index in [1.807, 2.05) is 19.3 Å². The van der Waals surface area contributed by atoms with Gasteiger partial charge in [-0.2, -0.15) is 5.10 Å². The van der Waals surface area contributed by atoms with E-state index in [0.29, 0.717) is 6.04 Å². The Balaban J connectivity index is 1.45. The van der Waals surface area contributed by atoms with Crippen molar-refractivity contribution in [3.8, 4) is 21.8 Å². The maximum Gasteiger partial charge on any atom is 0.107 e. The lowest BCUT2D eigenvalue weighted by Gasteiger charge is -2.26. The van der Waals surface area contributed by atoms with Crippen LogP contribution >= 0.6 is 11.3 Å². The first-order valence-corrected chi connectivity index (χ1v) is 13.5. The molecule has 0 saturated carbocycles. The predicted molar refractivity (Wildman–Crippen MR) is 130 cm³/mol. The van der Waals surface area contributed by atoms with Crippen LogP contribution in [0.3, 0.4) is 0 Å². The quantitative estimate of drug-likeness (QED) is 0.459. The van der Waals surface area contributed by atoms with Gasteiger partial charge in [-0.15, -0.1) is 11.3 Å². The molecule has 0 bridgehead atoms. The summed E-state index contributed by atoms with van der Waals surface area (Å²) in [5.41, 5.74) is 5.81. The summed E-state index contributed by atoms with van der Waals surface area (Å²) in [5, 5.41) is 12.1. The number of fused-ring (bicyclic) bond motifs is 2. The molecule has 5 heterocycles. The van der Waals surface area contributed by atoms with Gasteiger partial charge in [-0.05, 0) is 18.4 Å². The third-order valence-corrected chi connectivity index (χ3v) is 8.87. The lowest BCUT2D eigenvalue weighted by molar-refractivity contribution is 0.397. The lowest BCUT2D eigenvalue weighted by Crippen LogP contribution is -2.30. The van der Waals surface area contributed by atoms with Crippen molar-refractivity contribution in [3.05, 3.63) is 52.9 Å². The highest BCUT2D eigenvalue weighted by molar-refractivity contribution is 7.91. The zero-order chi connectivity index (χ0) is 21.7. The van der Waals surface area contributed by atoms with E-state index in [2.05, 4.69) is 39.2 Å². The Kier molecular flexibility index (Phi) is 5.25. The van der Waals surface area contributed by atoms with Crippen LogP contribution in [0.2, 0.25) is 0 Å². The summed E-state index contributed by atoms with van der Waals surface area (Å²) in [6.45, 7) is 3.83. The number of rotatable bonds is 3. The van der Waals surface area contributed by atoms with Gasteiger partial charge in [0.2, 0.25) is 0 Å². The van der Waals surface area contributed by atoms with Crippen molar-refractivity contribution in [3.63, 3.8) is 0 Å². The van der Waals surface area contributed by atoms with E-state index in [9.17, 15) is 4.55 Å². The molecule has 6 rings (SSSR count). The van der Waals surface area contributed by atoms with Gasteiger partial charge < -0.3 is 9.87 Å². The first kappa shape index (κ1) is 20.4. The van der Waals surface area contributed by atoms with Crippen LogP contribution in [-0.2, 0) is 24.1 Å². The zero-order valence-corrected chi connectivity index (χ0v) is 19.6. The Hall–Kier alpha value is -2.26. The number of thiazole rings is 1. The van der Waals surface area contributed by atoms with Crippen molar-refractivity contribution in [1.82, 2.24) is 25.1 Å². The monoisotopic (exact) mass is 463 g/mol. The minimum atomic E-state index is -0.666. The van der Waals surface area contributed by atoms with Crippen LogP contribution in [0.5, 0.6) is 0 Å². The summed E-state index contributed by atoms with van der Waals surface area (Å²) < 4.78 is 14.2. The molecular weight excluding hydrogens is 438 g/mol. The number of nitrogens with one attached hydrogen (secondary N) is 1. The van der Waals surface area contributed by atoms with Crippen molar-refractivity contribution in [2.75, 3.05) is 18.1 Å². The number of hydrogen-bond donors (Lipinski definition) is 1. The average Bonchev–Trinajstić information content (AvgIpc) is 3.43.